The molecule has 32 heavy (non-hydrogen) atoms. The highest BCUT2D eigenvalue weighted by molar-refractivity contribution is 7.26. The Labute approximate surface area is 194 Å². The van der Waals surface area contributed by atoms with E-state index in [0.717, 1.165) is 17.6 Å². The summed E-state index contributed by atoms with van der Waals surface area (Å²) in [7, 11) is 0. The Hall–Kier alpha value is -2.78. The number of fused-ring (bicyclic) bond motifs is 4. The first-order chi connectivity index (χ1) is 15.1. The van der Waals surface area contributed by atoms with Crippen LogP contribution in [0, 0.1) is 5.41 Å². The number of benzene rings is 3. The molecule has 0 aliphatic carbocycles. The number of hydrogen-bond acceptors (Lipinski definition) is 3. The fourth-order valence-corrected chi connectivity index (χ4v) is 5.92. The van der Waals surface area contributed by atoms with Gasteiger partial charge in [-0.15, -0.1) is 11.3 Å². The van der Waals surface area contributed by atoms with Crippen LogP contribution in [0.25, 0.3) is 42.3 Å². The summed E-state index contributed by atoms with van der Waals surface area (Å²) in [6.07, 6.45) is 2.77. The minimum absolute atomic E-state index is 0.0435. The molecule has 2 nitrogen and oxygen atoms in total. The van der Waals surface area contributed by atoms with Gasteiger partial charge in [0.2, 0.25) is 0 Å². The summed E-state index contributed by atoms with van der Waals surface area (Å²) >= 11 is 1.84. The highest BCUT2D eigenvalue weighted by Crippen LogP contribution is 2.42. The highest BCUT2D eigenvalue weighted by Gasteiger charge is 2.21. The second-order valence-electron chi connectivity index (χ2n) is 11.0. The summed E-state index contributed by atoms with van der Waals surface area (Å²) in [5, 5.41) is 3.82. The average Bonchev–Trinajstić information content (AvgIpc) is 3.11. The van der Waals surface area contributed by atoms with Crippen LogP contribution in [0.5, 0.6) is 0 Å². The van der Waals surface area contributed by atoms with E-state index in [1.807, 2.05) is 11.3 Å². The molecule has 0 fully saturated rings. The maximum absolute atomic E-state index is 4.81. The third-order valence-corrected chi connectivity index (χ3v) is 7.30. The van der Waals surface area contributed by atoms with Gasteiger partial charge in [-0.1, -0.05) is 84.0 Å². The third-order valence-electron chi connectivity index (χ3n) is 6.02. The molecular formula is C29H30N2S. The lowest BCUT2D eigenvalue weighted by molar-refractivity contribution is 0.413. The standard InChI is InChI=1S/C29H30N2S/c1-28(2,3)16-19-11-9-13-22-25-27(32-26(19)22)24(30-17-31-25)20-14-18-10-7-8-12-21(18)23(15-20)29(4,5)6/h7-15,17H,16H2,1-6H3. The van der Waals surface area contributed by atoms with Crippen molar-refractivity contribution in [1.82, 2.24) is 9.97 Å². The Morgan fingerprint density at radius 3 is 2.28 bits per heavy atom. The zero-order valence-electron chi connectivity index (χ0n) is 19.8. The molecule has 0 saturated carbocycles. The number of aromatic nitrogens is 2. The summed E-state index contributed by atoms with van der Waals surface area (Å²) in [6.45, 7) is 13.7. The third kappa shape index (κ3) is 3.69. The van der Waals surface area contributed by atoms with Crippen molar-refractivity contribution in [1.29, 1.82) is 0 Å². The number of nitrogens with zero attached hydrogens (tertiary/aromatic N) is 2. The van der Waals surface area contributed by atoms with E-state index in [2.05, 4.69) is 96.1 Å². The predicted molar refractivity (Wildman–Crippen MR) is 140 cm³/mol. The van der Waals surface area contributed by atoms with Crippen LogP contribution in [-0.2, 0) is 11.8 Å². The molecule has 5 rings (SSSR count). The van der Waals surface area contributed by atoms with E-state index in [-0.39, 0.29) is 10.8 Å². The first-order valence-electron chi connectivity index (χ1n) is 11.3. The molecule has 3 aromatic carbocycles. The van der Waals surface area contributed by atoms with Crippen LogP contribution in [0.1, 0.15) is 52.7 Å². The van der Waals surface area contributed by atoms with Crippen LogP contribution >= 0.6 is 11.3 Å². The molecule has 0 radical (unpaired) electrons. The molecule has 0 atom stereocenters. The van der Waals surface area contributed by atoms with Gasteiger partial charge in [0.05, 0.1) is 15.9 Å². The van der Waals surface area contributed by atoms with Crippen molar-refractivity contribution in [2.45, 2.75) is 53.4 Å². The Kier molecular flexibility index (Phi) is 4.86. The van der Waals surface area contributed by atoms with E-state index in [0.29, 0.717) is 0 Å². The van der Waals surface area contributed by atoms with Crippen molar-refractivity contribution in [2.24, 2.45) is 5.41 Å². The molecule has 0 saturated heterocycles. The summed E-state index contributed by atoms with van der Waals surface area (Å²) < 4.78 is 2.52. The molecule has 0 unspecified atom stereocenters. The summed E-state index contributed by atoms with van der Waals surface area (Å²) in [5.41, 5.74) is 6.31. The van der Waals surface area contributed by atoms with Crippen LogP contribution in [0.15, 0.2) is 60.9 Å². The van der Waals surface area contributed by atoms with Crippen LogP contribution in [0.3, 0.4) is 0 Å². The molecular weight excluding hydrogens is 408 g/mol. The van der Waals surface area contributed by atoms with Gasteiger partial charge in [0.1, 0.15) is 6.33 Å². The van der Waals surface area contributed by atoms with Gasteiger partial charge in [-0.3, -0.25) is 0 Å². The van der Waals surface area contributed by atoms with E-state index >= 15 is 0 Å². The van der Waals surface area contributed by atoms with Crippen LogP contribution in [-0.4, -0.2) is 9.97 Å². The van der Waals surface area contributed by atoms with Gasteiger partial charge in [-0.25, -0.2) is 9.97 Å². The maximum atomic E-state index is 4.81. The maximum Gasteiger partial charge on any atom is 0.116 e. The molecule has 2 heterocycles. The smallest absolute Gasteiger partial charge is 0.116 e. The van der Waals surface area contributed by atoms with E-state index in [4.69, 9.17) is 9.97 Å². The predicted octanol–water partition coefficient (Wildman–Crippen LogP) is 8.55. The van der Waals surface area contributed by atoms with Gasteiger partial charge in [-0.2, -0.15) is 0 Å². The largest absolute Gasteiger partial charge is 0.235 e. The van der Waals surface area contributed by atoms with Crippen LogP contribution < -0.4 is 0 Å². The van der Waals surface area contributed by atoms with Gasteiger partial charge in [0.15, 0.2) is 0 Å². The van der Waals surface area contributed by atoms with E-state index in [9.17, 15) is 0 Å². The fourth-order valence-electron chi connectivity index (χ4n) is 4.64. The number of thiophene rings is 1. The van der Waals surface area contributed by atoms with Crippen molar-refractivity contribution in [3.8, 4) is 11.3 Å². The zero-order valence-corrected chi connectivity index (χ0v) is 20.6. The fraction of sp³-hybridized carbons (Fsp3) is 0.310. The molecule has 3 heteroatoms. The summed E-state index contributed by atoms with van der Waals surface area (Å²) in [4.78, 5) is 9.53. The summed E-state index contributed by atoms with van der Waals surface area (Å²) in [5.74, 6) is 0. The normalized spacial score (nSPS) is 12.8. The lowest BCUT2D eigenvalue weighted by Gasteiger charge is -2.22. The van der Waals surface area contributed by atoms with Crippen molar-refractivity contribution in [3.05, 3.63) is 72.1 Å². The zero-order chi connectivity index (χ0) is 22.7. The van der Waals surface area contributed by atoms with Crippen molar-refractivity contribution in [2.75, 3.05) is 0 Å². The molecule has 0 spiro atoms. The Morgan fingerprint density at radius 1 is 0.781 bits per heavy atom. The summed E-state index contributed by atoms with van der Waals surface area (Å²) in [6, 6.07) is 20.0. The topological polar surface area (TPSA) is 25.8 Å². The van der Waals surface area contributed by atoms with Crippen molar-refractivity contribution < 1.29 is 0 Å². The second-order valence-corrected chi connectivity index (χ2v) is 12.0. The van der Waals surface area contributed by atoms with E-state index in [1.54, 1.807) is 6.33 Å². The van der Waals surface area contributed by atoms with Gasteiger partial charge >= 0.3 is 0 Å². The second kappa shape index (κ2) is 7.38. The highest BCUT2D eigenvalue weighted by atomic mass is 32.1. The quantitative estimate of drug-likeness (QED) is 0.276. The lowest BCUT2D eigenvalue weighted by Crippen LogP contribution is -2.12. The molecule has 0 aliphatic rings. The van der Waals surface area contributed by atoms with E-state index < -0.39 is 0 Å². The molecule has 5 aromatic rings. The van der Waals surface area contributed by atoms with Crippen molar-refractivity contribution >= 4 is 42.4 Å². The molecule has 2 aromatic heterocycles. The first kappa shape index (κ1) is 21.1. The SMILES string of the molecule is CC(C)(C)Cc1cccc2c1sc1c(-c3cc(C(C)(C)C)c4ccccc4c3)ncnc12. The van der Waals surface area contributed by atoms with Gasteiger partial charge in [-0.05, 0) is 51.3 Å². The Balaban J connectivity index is 1.80. The first-order valence-corrected chi connectivity index (χ1v) is 12.1. The van der Waals surface area contributed by atoms with Crippen LogP contribution in [0.2, 0.25) is 0 Å². The minimum Gasteiger partial charge on any atom is -0.235 e. The minimum atomic E-state index is 0.0435. The van der Waals surface area contributed by atoms with Crippen LogP contribution in [0.4, 0.5) is 0 Å². The molecule has 0 aliphatic heterocycles. The van der Waals surface area contributed by atoms with E-state index in [1.165, 1.54) is 42.2 Å². The Morgan fingerprint density at radius 2 is 1.53 bits per heavy atom. The average molecular weight is 439 g/mol. The molecule has 0 bridgehead atoms. The monoisotopic (exact) mass is 438 g/mol. The van der Waals surface area contributed by atoms with Crippen molar-refractivity contribution in [3.63, 3.8) is 0 Å². The van der Waals surface area contributed by atoms with Gasteiger partial charge < -0.3 is 0 Å². The molecule has 0 amide bonds. The molecule has 162 valence electrons. The number of hydrogen-bond donors (Lipinski definition) is 0. The number of rotatable bonds is 2. The Bertz CT molecular complexity index is 1460. The van der Waals surface area contributed by atoms with Gasteiger partial charge in [0, 0.05) is 15.6 Å². The lowest BCUT2D eigenvalue weighted by atomic mass is 9.82. The van der Waals surface area contributed by atoms with Gasteiger partial charge in [0.25, 0.3) is 0 Å². The molecule has 0 N–H and O–H groups in total.